The third-order valence-electron chi connectivity index (χ3n) is 3.88. The Hall–Kier alpha value is -0.860. The molecule has 0 radical (unpaired) electrons. The molecule has 1 spiro atoms. The van der Waals surface area contributed by atoms with E-state index in [2.05, 4.69) is 35.2 Å². The summed E-state index contributed by atoms with van der Waals surface area (Å²) in [6.45, 7) is 5.35. The van der Waals surface area contributed by atoms with Crippen LogP contribution in [0.5, 0.6) is 0 Å². The Labute approximate surface area is 96.9 Å². The number of benzene rings is 1. The van der Waals surface area contributed by atoms with Crippen LogP contribution in [0.3, 0.4) is 0 Å². The highest BCUT2D eigenvalue weighted by Crippen LogP contribution is 2.53. The molecule has 2 aliphatic rings. The Kier molecular flexibility index (Phi) is 2.13. The molecule has 1 aliphatic heterocycles. The lowest BCUT2D eigenvalue weighted by molar-refractivity contribution is -0.182. The van der Waals surface area contributed by atoms with E-state index in [9.17, 15) is 5.11 Å². The smallest absolute Gasteiger partial charge is 0.0632 e. The van der Waals surface area contributed by atoms with Gasteiger partial charge in [-0.3, -0.25) is 4.90 Å². The van der Waals surface area contributed by atoms with Gasteiger partial charge in [-0.1, -0.05) is 30.3 Å². The molecule has 0 bridgehead atoms. The standard InChI is InChI=1S/C14H19NO/c1-13(16)8-14(9-13)10-15(11-14)7-12-5-3-2-4-6-12/h2-6,16H,7-11H2,1H3. The summed E-state index contributed by atoms with van der Waals surface area (Å²) in [5, 5.41) is 9.77. The number of hydrogen-bond donors (Lipinski definition) is 1. The van der Waals surface area contributed by atoms with Crippen molar-refractivity contribution >= 4 is 0 Å². The zero-order valence-corrected chi connectivity index (χ0v) is 9.82. The molecule has 0 unspecified atom stereocenters. The second-order valence-electron chi connectivity index (χ2n) is 5.98. The first-order valence-corrected chi connectivity index (χ1v) is 6.06. The second-order valence-corrected chi connectivity index (χ2v) is 5.98. The van der Waals surface area contributed by atoms with Crippen molar-refractivity contribution in [2.75, 3.05) is 13.1 Å². The monoisotopic (exact) mass is 217 g/mol. The van der Waals surface area contributed by atoms with E-state index in [1.807, 2.05) is 6.92 Å². The number of likely N-dealkylation sites (tertiary alicyclic amines) is 1. The minimum atomic E-state index is -0.376. The molecule has 2 fully saturated rings. The lowest BCUT2D eigenvalue weighted by atomic mass is 9.56. The first-order chi connectivity index (χ1) is 7.57. The average Bonchev–Trinajstić information content (AvgIpc) is 2.14. The van der Waals surface area contributed by atoms with Gasteiger partial charge in [0.05, 0.1) is 5.60 Å². The molecule has 0 amide bonds. The topological polar surface area (TPSA) is 23.5 Å². The Balaban J connectivity index is 1.52. The van der Waals surface area contributed by atoms with Crippen LogP contribution < -0.4 is 0 Å². The van der Waals surface area contributed by atoms with Gasteiger partial charge in [-0.2, -0.15) is 0 Å². The number of aliphatic hydroxyl groups is 1. The van der Waals surface area contributed by atoms with Crippen LogP contribution in [0.25, 0.3) is 0 Å². The van der Waals surface area contributed by atoms with Gasteiger partial charge in [0.25, 0.3) is 0 Å². The number of rotatable bonds is 2. The van der Waals surface area contributed by atoms with Gasteiger partial charge < -0.3 is 5.11 Å². The van der Waals surface area contributed by atoms with Crippen molar-refractivity contribution in [2.24, 2.45) is 5.41 Å². The molecular formula is C14H19NO. The number of hydrogen-bond acceptors (Lipinski definition) is 2. The quantitative estimate of drug-likeness (QED) is 0.819. The van der Waals surface area contributed by atoms with Crippen molar-refractivity contribution in [1.82, 2.24) is 4.90 Å². The first kappa shape index (κ1) is 10.3. The van der Waals surface area contributed by atoms with Gasteiger partial charge in [0, 0.05) is 25.0 Å². The van der Waals surface area contributed by atoms with Gasteiger partial charge in [0.15, 0.2) is 0 Å². The van der Waals surface area contributed by atoms with Gasteiger partial charge in [0.1, 0.15) is 0 Å². The number of nitrogens with zero attached hydrogens (tertiary/aromatic N) is 1. The van der Waals surface area contributed by atoms with E-state index in [0.29, 0.717) is 5.41 Å². The first-order valence-electron chi connectivity index (χ1n) is 6.06. The predicted octanol–water partition coefficient (Wildman–Crippen LogP) is 2.03. The maximum absolute atomic E-state index is 9.77. The van der Waals surface area contributed by atoms with Crippen molar-refractivity contribution in [3.8, 4) is 0 Å². The summed E-state index contributed by atoms with van der Waals surface area (Å²) in [7, 11) is 0. The molecule has 86 valence electrons. The summed E-state index contributed by atoms with van der Waals surface area (Å²) in [6.07, 6.45) is 1.98. The van der Waals surface area contributed by atoms with Crippen molar-refractivity contribution in [2.45, 2.75) is 31.9 Å². The molecule has 0 aromatic heterocycles. The molecule has 1 N–H and O–H groups in total. The summed E-state index contributed by atoms with van der Waals surface area (Å²) in [4.78, 5) is 2.48. The van der Waals surface area contributed by atoms with Gasteiger partial charge in [-0.25, -0.2) is 0 Å². The van der Waals surface area contributed by atoms with Crippen molar-refractivity contribution in [3.05, 3.63) is 35.9 Å². The van der Waals surface area contributed by atoms with E-state index in [4.69, 9.17) is 0 Å². The van der Waals surface area contributed by atoms with Crippen molar-refractivity contribution in [3.63, 3.8) is 0 Å². The van der Waals surface area contributed by atoms with E-state index < -0.39 is 0 Å². The van der Waals surface area contributed by atoms with Crippen molar-refractivity contribution in [1.29, 1.82) is 0 Å². The highest BCUT2D eigenvalue weighted by Gasteiger charge is 2.56. The van der Waals surface area contributed by atoms with E-state index in [1.165, 1.54) is 5.56 Å². The van der Waals surface area contributed by atoms with E-state index in [-0.39, 0.29) is 5.60 Å². The van der Waals surface area contributed by atoms with Crippen LogP contribution in [-0.4, -0.2) is 28.7 Å². The fourth-order valence-electron chi connectivity index (χ4n) is 3.64. The molecule has 1 aromatic rings. The highest BCUT2D eigenvalue weighted by molar-refractivity contribution is 5.17. The second kappa shape index (κ2) is 3.31. The largest absolute Gasteiger partial charge is 0.390 e. The van der Waals surface area contributed by atoms with Crippen LogP contribution in [0.4, 0.5) is 0 Å². The van der Waals surface area contributed by atoms with Crippen LogP contribution in [0.1, 0.15) is 25.3 Å². The molecule has 1 aliphatic carbocycles. The lowest BCUT2D eigenvalue weighted by Gasteiger charge is -2.61. The summed E-state index contributed by atoms with van der Waals surface area (Å²) in [6, 6.07) is 10.6. The van der Waals surface area contributed by atoms with Crippen LogP contribution in [0.15, 0.2) is 30.3 Å². The zero-order valence-electron chi connectivity index (χ0n) is 9.82. The van der Waals surface area contributed by atoms with E-state index in [1.54, 1.807) is 0 Å². The fraction of sp³-hybridized carbons (Fsp3) is 0.571. The molecule has 1 heterocycles. The minimum absolute atomic E-state index is 0.376. The molecule has 16 heavy (non-hydrogen) atoms. The normalized spacial score (nSPS) is 26.1. The van der Waals surface area contributed by atoms with Gasteiger partial charge in [0.2, 0.25) is 0 Å². The molecule has 2 nitrogen and oxygen atoms in total. The van der Waals surface area contributed by atoms with Crippen LogP contribution in [0.2, 0.25) is 0 Å². The van der Waals surface area contributed by atoms with Crippen LogP contribution in [0, 0.1) is 5.41 Å². The van der Waals surface area contributed by atoms with Gasteiger partial charge in [-0.15, -0.1) is 0 Å². The molecule has 1 aromatic carbocycles. The third kappa shape index (κ3) is 1.76. The zero-order chi connectivity index (χ0) is 11.2. The minimum Gasteiger partial charge on any atom is -0.390 e. The summed E-state index contributed by atoms with van der Waals surface area (Å²) < 4.78 is 0. The van der Waals surface area contributed by atoms with Gasteiger partial charge in [-0.05, 0) is 25.3 Å². The molecule has 1 saturated heterocycles. The highest BCUT2D eigenvalue weighted by atomic mass is 16.3. The Morgan fingerprint density at radius 1 is 1.19 bits per heavy atom. The summed E-state index contributed by atoms with van der Waals surface area (Å²) in [5.74, 6) is 0. The van der Waals surface area contributed by atoms with E-state index in [0.717, 1.165) is 32.5 Å². The van der Waals surface area contributed by atoms with Crippen molar-refractivity contribution < 1.29 is 5.11 Å². The Morgan fingerprint density at radius 2 is 1.81 bits per heavy atom. The Morgan fingerprint density at radius 3 is 2.38 bits per heavy atom. The maximum atomic E-state index is 9.77. The SMILES string of the molecule is CC1(O)CC2(CN(Cc3ccccc3)C2)C1. The maximum Gasteiger partial charge on any atom is 0.0632 e. The molecule has 0 atom stereocenters. The summed E-state index contributed by atoms with van der Waals surface area (Å²) >= 11 is 0. The summed E-state index contributed by atoms with van der Waals surface area (Å²) in [5.41, 5.74) is 1.47. The average molecular weight is 217 g/mol. The molecule has 1 saturated carbocycles. The lowest BCUT2D eigenvalue weighted by Crippen LogP contribution is -2.66. The molecule has 3 rings (SSSR count). The molecule has 2 heteroatoms. The third-order valence-corrected chi connectivity index (χ3v) is 3.88. The Bertz CT molecular complexity index is 369. The van der Waals surface area contributed by atoms with Crippen LogP contribution in [-0.2, 0) is 6.54 Å². The van der Waals surface area contributed by atoms with Crippen LogP contribution >= 0.6 is 0 Å². The van der Waals surface area contributed by atoms with E-state index >= 15 is 0 Å². The van der Waals surface area contributed by atoms with Gasteiger partial charge >= 0.3 is 0 Å². The molecular weight excluding hydrogens is 198 g/mol. The fourth-order valence-corrected chi connectivity index (χ4v) is 3.64. The predicted molar refractivity (Wildman–Crippen MR) is 64.0 cm³/mol.